The average Bonchev–Trinajstić information content (AvgIpc) is 2.91. The summed E-state index contributed by atoms with van der Waals surface area (Å²) in [5, 5.41) is 0. The van der Waals surface area contributed by atoms with Gasteiger partial charge in [0.05, 0.1) is 4.47 Å². The van der Waals surface area contributed by atoms with Crippen molar-refractivity contribution < 1.29 is 9.47 Å². The van der Waals surface area contributed by atoms with E-state index in [9.17, 15) is 0 Å². The van der Waals surface area contributed by atoms with Gasteiger partial charge in [-0.15, -0.1) is 0 Å². The van der Waals surface area contributed by atoms with E-state index >= 15 is 0 Å². The second kappa shape index (κ2) is 6.15. The summed E-state index contributed by atoms with van der Waals surface area (Å²) in [6.07, 6.45) is 1.16. The summed E-state index contributed by atoms with van der Waals surface area (Å²) in [5.41, 5.74) is 7.28. The Bertz CT molecular complexity index is 521. The number of fused-ring (bicyclic) bond motifs is 1. The van der Waals surface area contributed by atoms with Crippen LogP contribution in [0.3, 0.4) is 0 Å². The van der Waals surface area contributed by atoms with Crippen molar-refractivity contribution in [2.45, 2.75) is 32.4 Å². The zero-order chi connectivity index (χ0) is 15.0. The van der Waals surface area contributed by atoms with Crippen LogP contribution in [0, 0.1) is 5.92 Å². The molecule has 0 aromatic heterocycles. The van der Waals surface area contributed by atoms with Crippen molar-refractivity contribution in [3.05, 3.63) is 22.2 Å². The average molecular weight is 355 g/mol. The number of rotatable bonds is 3. The number of hydrogen-bond donors (Lipinski definition) is 1. The van der Waals surface area contributed by atoms with Gasteiger partial charge in [-0.2, -0.15) is 0 Å². The van der Waals surface area contributed by atoms with E-state index in [-0.39, 0.29) is 0 Å². The third kappa shape index (κ3) is 2.79. The molecule has 0 bridgehead atoms. The van der Waals surface area contributed by atoms with Gasteiger partial charge in [-0.25, -0.2) is 0 Å². The van der Waals surface area contributed by atoms with E-state index in [0.29, 0.717) is 31.2 Å². The molecule has 2 unspecified atom stereocenters. The molecule has 1 aromatic rings. The van der Waals surface area contributed by atoms with Gasteiger partial charge < -0.3 is 15.2 Å². The smallest absolute Gasteiger partial charge is 0.175 e. The second-order valence-electron chi connectivity index (χ2n) is 6.09. The topological polar surface area (TPSA) is 47.7 Å². The highest BCUT2D eigenvalue weighted by molar-refractivity contribution is 9.10. The third-order valence-corrected chi connectivity index (χ3v) is 5.08. The van der Waals surface area contributed by atoms with Crippen molar-refractivity contribution in [1.82, 2.24) is 4.90 Å². The molecule has 2 atom stereocenters. The molecule has 0 saturated carbocycles. The van der Waals surface area contributed by atoms with Crippen molar-refractivity contribution >= 4 is 15.9 Å². The molecule has 3 rings (SSSR count). The monoisotopic (exact) mass is 354 g/mol. The molecule has 21 heavy (non-hydrogen) atoms. The molecular weight excluding hydrogens is 332 g/mol. The molecule has 0 amide bonds. The fourth-order valence-electron chi connectivity index (χ4n) is 3.47. The van der Waals surface area contributed by atoms with Crippen LogP contribution < -0.4 is 15.2 Å². The van der Waals surface area contributed by atoms with Gasteiger partial charge in [0.1, 0.15) is 13.2 Å². The van der Waals surface area contributed by atoms with Crippen LogP contribution in [0.25, 0.3) is 0 Å². The Morgan fingerprint density at radius 2 is 2.10 bits per heavy atom. The lowest BCUT2D eigenvalue weighted by molar-refractivity contribution is 0.166. The Labute approximate surface area is 134 Å². The van der Waals surface area contributed by atoms with Crippen molar-refractivity contribution in [1.29, 1.82) is 0 Å². The van der Waals surface area contributed by atoms with Gasteiger partial charge in [-0.3, -0.25) is 4.90 Å². The summed E-state index contributed by atoms with van der Waals surface area (Å²) < 4.78 is 12.4. The lowest BCUT2D eigenvalue weighted by atomic mass is 9.93. The maximum Gasteiger partial charge on any atom is 0.175 e. The predicted octanol–water partition coefficient (Wildman–Crippen LogP) is 2.95. The normalized spacial score (nSPS) is 25.6. The zero-order valence-corrected chi connectivity index (χ0v) is 14.2. The minimum absolute atomic E-state index is 0.363. The van der Waals surface area contributed by atoms with Crippen LogP contribution in [0.1, 0.15) is 31.9 Å². The number of ether oxygens (including phenoxy) is 2. The minimum Gasteiger partial charge on any atom is -0.486 e. The first kappa shape index (κ1) is 15.1. The van der Waals surface area contributed by atoms with Gasteiger partial charge in [0, 0.05) is 12.1 Å². The fraction of sp³-hybridized carbons (Fsp3) is 0.625. The largest absolute Gasteiger partial charge is 0.486 e. The van der Waals surface area contributed by atoms with Crippen molar-refractivity contribution in [2.75, 3.05) is 26.3 Å². The summed E-state index contributed by atoms with van der Waals surface area (Å²) in [5.74, 6) is 2.17. The van der Waals surface area contributed by atoms with Crippen LogP contribution >= 0.6 is 15.9 Å². The third-order valence-electron chi connectivity index (χ3n) is 4.49. The summed E-state index contributed by atoms with van der Waals surface area (Å²) in [7, 11) is 0. The van der Waals surface area contributed by atoms with Crippen molar-refractivity contribution in [3.8, 4) is 11.5 Å². The molecule has 2 heterocycles. The first-order chi connectivity index (χ1) is 10.1. The Balaban J connectivity index is 1.99. The Morgan fingerprint density at radius 3 is 2.81 bits per heavy atom. The molecule has 4 nitrogen and oxygen atoms in total. The zero-order valence-electron chi connectivity index (χ0n) is 12.6. The van der Waals surface area contributed by atoms with Gasteiger partial charge in [-0.1, -0.05) is 0 Å². The van der Waals surface area contributed by atoms with Crippen molar-refractivity contribution in [3.63, 3.8) is 0 Å². The molecule has 2 N–H and O–H groups in total. The van der Waals surface area contributed by atoms with E-state index in [1.54, 1.807) is 0 Å². The van der Waals surface area contributed by atoms with Gasteiger partial charge in [0.2, 0.25) is 0 Å². The highest BCUT2D eigenvalue weighted by Gasteiger charge is 2.36. The number of likely N-dealkylation sites (tertiary alicyclic amines) is 1. The van der Waals surface area contributed by atoms with Crippen LogP contribution in [0.5, 0.6) is 11.5 Å². The molecule has 1 fully saturated rings. The highest BCUT2D eigenvalue weighted by Crippen LogP contribution is 2.45. The van der Waals surface area contributed by atoms with Crippen LogP contribution in [-0.4, -0.2) is 37.2 Å². The number of halogens is 1. The minimum atomic E-state index is 0.363. The Hall–Kier alpha value is -0.780. The molecule has 2 aliphatic rings. The van der Waals surface area contributed by atoms with Crippen molar-refractivity contribution in [2.24, 2.45) is 11.7 Å². The van der Waals surface area contributed by atoms with E-state index < -0.39 is 0 Å². The van der Waals surface area contributed by atoms with Crippen LogP contribution in [0.4, 0.5) is 0 Å². The predicted molar refractivity (Wildman–Crippen MR) is 86.9 cm³/mol. The summed E-state index contributed by atoms with van der Waals surface area (Å²) >= 11 is 3.62. The van der Waals surface area contributed by atoms with E-state index in [1.165, 1.54) is 5.56 Å². The number of nitrogens with two attached hydrogens (primary N) is 1. The van der Waals surface area contributed by atoms with E-state index in [4.69, 9.17) is 15.2 Å². The number of hydrogen-bond acceptors (Lipinski definition) is 4. The van der Waals surface area contributed by atoms with Crippen LogP contribution in [0.2, 0.25) is 0 Å². The second-order valence-corrected chi connectivity index (χ2v) is 6.94. The van der Waals surface area contributed by atoms with Crippen LogP contribution in [0.15, 0.2) is 16.6 Å². The number of nitrogens with zero attached hydrogens (tertiary/aromatic N) is 1. The maximum absolute atomic E-state index is 6.01. The quantitative estimate of drug-likeness (QED) is 0.906. The molecule has 5 heteroatoms. The SMILES string of the molecule is CC(C)N1CCC(CN)C1c1cc(Br)c2c(c1)OCCO2. The first-order valence-electron chi connectivity index (χ1n) is 7.66. The summed E-state index contributed by atoms with van der Waals surface area (Å²) in [6.45, 7) is 7.55. The molecule has 116 valence electrons. The van der Waals surface area contributed by atoms with Gasteiger partial charge in [0.15, 0.2) is 11.5 Å². The molecule has 0 aliphatic carbocycles. The standard InChI is InChI=1S/C16H23BrN2O2/c1-10(2)19-4-3-11(9-18)15(19)12-7-13(17)16-14(8-12)20-5-6-21-16/h7-8,10-11,15H,3-6,9,18H2,1-2H3. The molecule has 0 spiro atoms. The Morgan fingerprint density at radius 1 is 1.33 bits per heavy atom. The van der Waals surface area contributed by atoms with E-state index in [2.05, 4.69) is 46.8 Å². The van der Waals surface area contributed by atoms with Gasteiger partial charge >= 0.3 is 0 Å². The van der Waals surface area contributed by atoms with Gasteiger partial charge in [0.25, 0.3) is 0 Å². The molecular formula is C16H23BrN2O2. The number of benzene rings is 1. The van der Waals surface area contributed by atoms with E-state index in [0.717, 1.165) is 35.5 Å². The molecule has 0 radical (unpaired) electrons. The Kier molecular flexibility index (Phi) is 4.43. The summed E-state index contributed by atoms with van der Waals surface area (Å²) in [6, 6.07) is 5.18. The summed E-state index contributed by atoms with van der Waals surface area (Å²) in [4.78, 5) is 2.54. The van der Waals surface area contributed by atoms with Crippen LogP contribution in [-0.2, 0) is 0 Å². The van der Waals surface area contributed by atoms with E-state index in [1.807, 2.05) is 0 Å². The van der Waals surface area contributed by atoms with Gasteiger partial charge in [-0.05, 0) is 72.9 Å². The highest BCUT2D eigenvalue weighted by atomic mass is 79.9. The lowest BCUT2D eigenvalue weighted by Crippen LogP contribution is -2.33. The lowest BCUT2D eigenvalue weighted by Gasteiger charge is -2.32. The first-order valence-corrected chi connectivity index (χ1v) is 8.46. The molecule has 1 saturated heterocycles. The molecule has 2 aliphatic heterocycles. The maximum atomic E-state index is 6.01. The molecule has 1 aromatic carbocycles. The fourth-order valence-corrected chi connectivity index (χ4v) is 4.05.